The van der Waals surface area contributed by atoms with Gasteiger partial charge in [-0.25, -0.2) is 0 Å². The van der Waals surface area contributed by atoms with Gasteiger partial charge in [0, 0.05) is 18.6 Å². The summed E-state index contributed by atoms with van der Waals surface area (Å²) in [6, 6.07) is 18.3. The third kappa shape index (κ3) is 7.82. The summed E-state index contributed by atoms with van der Waals surface area (Å²) in [4.78, 5) is 0. The van der Waals surface area contributed by atoms with Crippen LogP contribution in [0.3, 0.4) is 0 Å². The fourth-order valence-electron chi connectivity index (χ4n) is 10.2. The van der Waals surface area contributed by atoms with E-state index >= 15 is 0 Å². The van der Waals surface area contributed by atoms with Crippen LogP contribution in [-0.2, 0) is 10.2 Å². The summed E-state index contributed by atoms with van der Waals surface area (Å²) >= 11 is 0. The monoisotopic (exact) mass is 687 g/mol. The molecule has 262 valence electrons. The molecule has 0 radical (unpaired) electrons. The van der Waals surface area contributed by atoms with E-state index < -0.39 is 12.8 Å². The molecule has 0 spiro atoms. The van der Waals surface area contributed by atoms with Gasteiger partial charge in [-0.05, 0) is 129 Å². The fraction of sp³-hybridized carbons (Fsp3) is 0.682. The Bertz CT molecular complexity index is 1330. The molecule has 0 bridgehead atoms. The van der Waals surface area contributed by atoms with E-state index in [1.165, 1.54) is 139 Å². The first-order valence-corrected chi connectivity index (χ1v) is 23.4. The van der Waals surface area contributed by atoms with E-state index in [0.29, 0.717) is 11.3 Å². The Balaban J connectivity index is 1.62. The molecule has 0 amide bonds. The van der Waals surface area contributed by atoms with Gasteiger partial charge in [0.05, 0.1) is 11.3 Å². The quantitative estimate of drug-likeness (QED) is 0.170. The Morgan fingerprint density at radius 1 is 0.667 bits per heavy atom. The molecule has 4 heteroatoms. The average Bonchev–Trinajstić information content (AvgIpc) is 3.13. The van der Waals surface area contributed by atoms with Gasteiger partial charge < -0.3 is 9.84 Å². The Morgan fingerprint density at radius 2 is 1.15 bits per heavy atom. The fourth-order valence-corrected chi connectivity index (χ4v) is 20.5. The van der Waals surface area contributed by atoms with Crippen molar-refractivity contribution < 1.29 is 9.84 Å². The van der Waals surface area contributed by atoms with Gasteiger partial charge in [-0.2, -0.15) is 0 Å². The minimum atomic E-state index is -2.43. The summed E-state index contributed by atoms with van der Waals surface area (Å²) in [5.41, 5.74) is 3.57. The molecule has 0 saturated heterocycles. The molecule has 2 aromatic rings. The van der Waals surface area contributed by atoms with Crippen LogP contribution in [0.25, 0.3) is 0 Å². The summed E-state index contributed by atoms with van der Waals surface area (Å²) in [7, 11) is -0.941. The average molecular weight is 688 g/mol. The summed E-state index contributed by atoms with van der Waals surface area (Å²) in [5.74, 6) is 7.05. The van der Waals surface area contributed by atoms with E-state index in [1.807, 2.05) is 6.07 Å². The lowest BCUT2D eigenvalue weighted by Gasteiger charge is -2.48. The van der Waals surface area contributed by atoms with E-state index in [-0.39, 0.29) is 13.3 Å². The lowest BCUT2D eigenvalue weighted by molar-refractivity contribution is -0.0698. The topological polar surface area (TPSA) is 29.5 Å². The molecule has 4 fully saturated rings. The van der Waals surface area contributed by atoms with Crippen LogP contribution in [0.15, 0.2) is 48.5 Å². The molecule has 6 rings (SSSR count). The zero-order valence-corrected chi connectivity index (χ0v) is 32.6. The third-order valence-corrected chi connectivity index (χ3v) is 21.9. The van der Waals surface area contributed by atoms with Crippen molar-refractivity contribution >= 4 is 25.8 Å². The first-order chi connectivity index (χ1) is 23.3. The van der Waals surface area contributed by atoms with Gasteiger partial charge in [-0.1, -0.05) is 110 Å². The van der Waals surface area contributed by atoms with Crippen LogP contribution in [0, 0.1) is 11.8 Å². The predicted molar refractivity (Wildman–Crippen MR) is 211 cm³/mol. The lowest BCUT2D eigenvalue weighted by Crippen LogP contribution is -2.50. The molecule has 2 aromatic carbocycles. The highest BCUT2D eigenvalue weighted by molar-refractivity contribution is 7.85. The van der Waals surface area contributed by atoms with Crippen molar-refractivity contribution in [1.82, 2.24) is 0 Å². The van der Waals surface area contributed by atoms with Crippen LogP contribution in [0.2, 0.25) is 0 Å². The number of ether oxygens (including phenoxy) is 1. The highest BCUT2D eigenvalue weighted by Crippen LogP contribution is 2.78. The van der Waals surface area contributed by atoms with Crippen LogP contribution >= 0.6 is 15.2 Å². The predicted octanol–water partition coefficient (Wildman–Crippen LogP) is 11.4. The molecule has 1 atom stereocenters. The van der Waals surface area contributed by atoms with Crippen molar-refractivity contribution in [2.45, 2.75) is 183 Å². The minimum absolute atomic E-state index is 0.0284. The molecule has 0 heterocycles. The van der Waals surface area contributed by atoms with Crippen molar-refractivity contribution in [1.29, 1.82) is 0 Å². The summed E-state index contributed by atoms with van der Waals surface area (Å²) in [6.45, 7) is 7.25. The Hall–Kier alpha value is -1.22. The van der Waals surface area contributed by atoms with Gasteiger partial charge in [0.1, 0.15) is 12.6 Å². The molecular formula is C44H65O2P2+. The number of benzene rings is 2. The summed E-state index contributed by atoms with van der Waals surface area (Å²) < 4.78 is 6.58. The molecule has 4 aliphatic carbocycles. The van der Waals surface area contributed by atoms with E-state index in [0.717, 1.165) is 16.9 Å². The second-order valence-electron chi connectivity index (χ2n) is 16.8. The number of aliphatic hydroxyl groups is 1. The Morgan fingerprint density at radius 3 is 1.60 bits per heavy atom. The summed E-state index contributed by atoms with van der Waals surface area (Å²) in [5, 5.41) is 16.6. The van der Waals surface area contributed by atoms with Crippen LogP contribution in [-0.4, -0.2) is 40.4 Å². The normalized spacial score (nSPS) is 22.6. The molecule has 1 unspecified atom stereocenters. The highest BCUT2D eigenvalue weighted by atomic mass is 31.2. The third-order valence-electron chi connectivity index (χ3n) is 12.7. The smallest absolute Gasteiger partial charge is 0.324 e. The molecule has 4 aliphatic rings. The highest BCUT2D eigenvalue weighted by Gasteiger charge is 2.68. The van der Waals surface area contributed by atoms with Crippen molar-refractivity contribution in [3.8, 4) is 11.8 Å². The van der Waals surface area contributed by atoms with Crippen molar-refractivity contribution in [2.24, 2.45) is 0 Å². The largest absolute Gasteiger partial charge is 0.352 e. The molecule has 4 saturated carbocycles. The molecule has 2 nitrogen and oxygen atoms in total. The van der Waals surface area contributed by atoms with E-state index in [2.05, 4.69) is 75.1 Å². The maximum atomic E-state index is 13.4. The van der Waals surface area contributed by atoms with Crippen LogP contribution in [0.1, 0.15) is 160 Å². The van der Waals surface area contributed by atoms with Crippen LogP contribution in [0.4, 0.5) is 0 Å². The maximum Gasteiger partial charge on any atom is 0.352 e. The van der Waals surface area contributed by atoms with E-state index in [4.69, 9.17) is 4.74 Å². The van der Waals surface area contributed by atoms with Gasteiger partial charge in [0.25, 0.3) is 0 Å². The van der Waals surface area contributed by atoms with E-state index in [9.17, 15) is 5.11 Å². The number of rotatable bonds is 8. The van der Waals surface area contributed by atoms with E-state index in [1.54, 1.807) is 12.4 Å². The number of hydrogen-bond acceptors (Lipinski definition) is 2. The lowest BCUT2D eigenvalue weighted by atomic mass is 9.87. The zero-order chi connectivity index (χ0) is 33.6. The molecule has 0 aromatic heterocycles. The number of hydrogen-bond donors (Lipinski definition) is 1. The van der Waals surface area contributed by atoms with Crippen molar-refractivity contribution in [3.63, 3.8) is 0 Å². The minimum Gasteiger partial charge on any atom is -0.324 e. The molecule has 48 heavy (non-hydrogen) atoms. The Labute approximate surface area is 296 Å². The SMILES string of the molecule is COC(O)(C#Cc1ccccc1)[P+](c1cc(P(C2CCCCC2)C2CCCCC2)cc(C(C)(C)C)c1)(C1CCCCC1)C1CCCCC1. The van der Waals surface area contributed by atoms with Gasteiger partial charge >= 0.3 is 5.53 Å². The van der Waals surface area contributed by atoms with Crippen molar-refractivity contribution in [3.05, 3.63) is 59.7 Å². The van der Waals surface area contributed by atoms with Gasteiger partial charge in [-0.15, -0.1) is 0 Å². The first-order valence-electron chi connectivity index (χ1n) is 19.9. The number of methoxy groups -OCH3 is 1. The van der Waals surface area contributed by atoms with Gasteiger partial charge in [0.2, 0.25) is 0 Å². The first kappa shape index (κ1) is 36.6. The van der Waals surface area contributed by atoms with Crippen LogP contribution in [0.5, 0.6) is 0 Å². The van der Waals surface area contributed by atoms with Gasteiger partial charge in [0.15, 0.2) is 0 Å². The zero-order valence-electron chi connectivity index (χ0n) is 30.8. The molecule has 0 aliphatic heterocycles. The van der Waals surface area contributed by atoms with Gasteiger partial charge in [-0.3, -0.25) is 0 Å². The second-order valence-corrected chi connectivity index (χ2v) is 23.7. The maximum absolute atomic E-state index is 13.4. The van der Waals surface area contributed by atoms with Crippen LogP contribution < -0.4 is 10.6 Å². The summed E-state index contributed by atoms with van der Waals surface area (Å²) in [6.07, 6.45) is 26.5. The second kappa shape index (κ2) is 16.4. The molecular weight excluding hydrogens is 622 g/mol. The van der Waals surface area contributed by atoms with Crippen molar-refractivity contribution in [2.75, 3.05) is 7.11 Å². The Kier molecular flexibility index (Phi) is 12.5. The standard InChI is InChI=1S/C44H65O2P2/c1-43(2,3)36-32-39(47(37-22-12-6-13-23-37)38-24-14-7-15-25-38)34-42(33-36)48(40-26-16-8-17-27-40,41-28-18-9-19-29-41)44(45,46-4)31-30-35-20-10-5-11-21-35/h5,10-11,20-21,32-34,37-38,40-41,45H,6-9,12-19,22-29H2,1-4H3/q+1. The molecule has 1 N–H and O–H groups in total.